The normalized spacial score (nSPS) is 16.2. The van der Waals surface area contributed by atoms with E-state index in [1.807, 2.05) is 12.1 Å². The molecule has 1 amide bonds. The third-order valence-electron chi connectivity index (χ3n) is 6.02. The van der Waals surface area contributed by atoms with E-state index in [1.165, 1.54) is 6.33 Å². The Bertz CT molecular complexity index is 1310. The van der Waals surface area contributed by atoms with Gasteiger partial charge in [0.15, 0.2) is 17.2 Å². The van der Waals surface area contributed by atoms with E-state index in [-0.39, 0.29) is 12.2 Å². The molecule has 2 aromatic heterocycles. The van der Waals surface area contributed by atoms with E-state index >= 15 is 0 Å². The summed E-state index contributed by atoms with van der Waals surface area (Å²) in [6.45, 7) is 4.15. The van der Waals surface area contributed by atoms with Crippen LogP contribution in [0, 0.1) is 0 Å². The third-order valence-corrected chi connectivity index (χ3v) is 6.02. The molecule has 0 radical (unpaired) electrons. The van der Waals surface area contributed by atoms with Crippen LogP contribution in [0.25, 0.3) is 11.2 Å². The van der Waals surface area contributed by atoms with Crippen LogP contribution < -0.4 is 16.0 Å². The maximum Gasteiger partial charge on any atom is 0.250 e. The number of para-hydroxylation sites is 1. The summed E-state index contributed by atoms with van der Waals surface area (Å²) in [5.41, 5.74) is 10.9. The van der Waals surface area contributed by atoms with Crippen LogP contribution in [0.1, 0.15) is 18.9 Å². The Kier molecular flexibility index (Phi) is 5.25. The molecule has 3 heterocycles. The number of allylic oxidation sites excluding steroid dienone is 2. The number of aromatic amines is 1. The molecule has 0 saturated heterocycles. The van der Waals surface area contributed by atoms with Crippen molar-refractivity contribution in [1.82, 2.24) is 24.8 Å². The number of nitrogens with two attached hydrogens (primary N) is 1. The number of ketones is 1. The smallest absolute Gasteiger partial charge is 0.250 e. The van der Waals surface area contributed by atoms with Crippen LogP contribution in [0.15, 0.2) is 59.8 Å². The van der Waals surface area contributed by atoms with E-state index < -0.39 is 5.91 Å². The number of primary amides is 1. The second-order valence-corrected chi connectivity index (χ2v) is 8.13. The van der Waals surface area contributed by atoms with Crippen molar-refractivity contribution in [2.24, 2.45) is 5.73 Å². The molecule has 1 aliphatic heterocycles. The summed E-state index contributed by atoms with van der Waals surface area (Å²) in [5.74, 6) is 0.183. The summed E-state index contributed by atoms with van der Waals surface area (Å²) in [7, 11) is 0. The van der Waals surface area contributed by atoms with Crippen molar-refractivity contribution >= 4 is 34.4 Å². The maximum absolute atomic E-state index is 12.4. The summed E-state index contributed by atoms with van der Waals surface area (Å²) >= 11 is 0. The molecule has 4 N–H and O–H groups in total. The number of nitrogens with zero attached hydrogens (tertiary/aromatic N) is 5. The number of carbonyl (C=O) groups is 2. The van der Waals surface area contributed by atoms with Gasteiger partial charge in [0.25, 0.3) is 0 Å². The Hall–Kier alpha value is -4.21. The maximum atomic E-state index is 12.4. The fraction of sp³-hybridized carbons (Fsp3) is 0.261. The molecule has 33 heavy (non-hydrogen) atoms. The number of H-pyrrole nitrogens is 1. The van der Waals surface area contributed by atoms with Gasteiger partial charge in [0.05, 0.1) is 25.0 Å². The lowest BCUT2D eigenvalue weighted by Gasteiger charge is -2.41. The highest BCUT2D eigenvalue weighted by molar-refractivity contribution is 6.05. The molecule has 0 saturated carbocycles. The number of hydrogen-bond acceptors (Lipinski definition) is 8. The first kappa shape index (κ1) is 20.7. The average Bonchev–Trinajstić information content (AvgIpc) is 3.30. The Balaban J connectivity index is 1.39. The lowest BCUT2D eigenvalue weighted by Crippen LogP contribution is -2.45. The van der Waals surface area contributed by atoms with Gasteiger partial charge in [-0.15, -0.1) is 0 Å². The number of aromatic nitrogens is 4. The molecule has 3 aromatic rings. The van der Waals surface area contributed by atoms with E-state index in [0.717, 1.165) is 16.8 Å². The SMILES string of the molecule is CC1=CC(C(N)=O)=C(N2Cc3ccccc3N(CCNc3ncnc4nc[nH]c34)C2)CC1=O. The van der Waals surface area contributed by atoms with Crippen LogP contribution in [0.3, 0.4) is 0 Å². The summed E-state index contributed by atoms with van der Waals surface area (Å²) in [5, 5.41) is 3.35. The summed E-state index contributed by atoms with van der Waals surface area (Å²) in [4.78, 5) is 44.5. The largest absolute Gasteiger partial charge is 0.366 e. The monoisotopic (exact) mass is 444 g/mol. The van der Waals surface area contributed by atoms with Gasteiger partial charge in [-0.3, -0.25) is 9.59 Å². The van der Waals surface area contributed by atoms with Crippen LogP contribution >= 0.6 is 0 Å². The molecule has 2 aliphatic rings. The second-order valence-electron chi connectivity index (χ2n) is 8.13. The second kappa shape index (κ2) is 8.38. The van der Waals surface area contributed by atoms with Crippen molar-refractivity contribution in [3.05, 3.63) is 65.4 Å². The number of imidazole rings is 1. The molecular weight excluding hydrogens is 420 g/mol. The van der Waals surface area contributed by atoms with Crippen LogP contribution in [-0.4, -0.2) is 56.3 Å². The van der Waals surface area contributed by atoms with Crippen molar-refractivity contribution in [3.63, 3.8) is 0 Å². The topological polar surface area (TPSA) is 133 Å². The minimum atomic E-state index is -0.517. The van der Waals surface area contributed by atoms with Crippen molar-refractivity contribution in [2.75, 3.05) is 30.0 Å². The molecule has 0 atom stereocenters. The molecular formula is C23H24N8O2. The van der Waals surface area contributed by atoms with Crippen molar-refractivity contribution in [3.8, 4) is 0 Å². The van der Waals surface area contributed by atoms with Crippen LogP contribution in [0.5, 0.6) is 0 Å². The zero-order chi connectivity index (χ0) is 22.9. The predicted octanol–water partition coefficient (Wildman–Crippen LogP) is 1.70. The minimum Gasteiger partial charge on any atom is -0.366 e. The van der Waals surface area contributed by atoms with Crippen LogP contribution in [0.4, 0.5) is 11.5 Å². The van der Waals surface area contributed by atoms with Crippen molar-refractivity contribution in [2.45, 2.75) is 19.9 Å². The van der Waals surface area contributed by atoms with E-state index in [0.29, 0.717) is 54.6 Å². The Morgan fingerprint density at radius 1 is 1.24 bits per heavy atom. The highest BCUT2D eigenvalue weighted by atomic mass is 16.1. The Morgan fingerprint density at radius 2 is 2.09 bits per heavy atom. The number of rotatable bonds is 6. The van der Waals surface area contributed by atoms with E-state index in [4.69, 9.17) is 5.73 Å². The number of hydrogen-bond donors (Lipinski definition) is 3. The number of fused-ring (bicyclic) bond motifs is 2. The number of amides is 1. The average molecular weight is 444 g/mol. The highest BCUT2D eigenvalue weighted by Gasteiger charge is 2.30. The lowest BCUT2D eigenvalue weighted by molar-refractivity contribution is -0.115. The first-order chi connectivity index (χ1) is 16.0. The molecule has 0 spiro atoms. The molecule has 10 heteroatoms. The standard InChI is InChI=1S/C23H24N8O2/c1-14-8-16(21(24)33)18(9-19(14)32)31-10-15-4-2-3-5-17(15)30(13-31)7-6-25-22-20-23(27-11-26-20)29-12-28-22/h2-5,8,11-12H,6-7,9-10,13H2,1H3,(H2,24,33)(H2,25,26,27,28,29). The Labute approximate surface area is 190 Å². The van der Waals surface area contributed by atoms with E-state index in [1.54, 1.807) is 19.3 Å². The van der Waals surface area contributed by atoms with E-state index in [9.17, 15) is 9.59 Å². The molecule has 0 fully saturated rings. The van der Waals surface area contributed by atoms with Gasteiger partial charge in [0.1, 0.15) is 11.8 Å². The minimum absolute atomic E-state index is 0.00871. The van der Waals surface area contributed by atoms with Gasteiger partial charge in [-0.05, 0) is 30.2 Å². The van der Waals surface area contributed by atoms with Gasteiger partial charge in [-0.1, -0.05) is 18.2 Å². The number of nitrogens with one attached hydrogen (secondary N) is 2. The Morgan fingerprint density at radius 3 is 2.94 bits per heavy atom. The number of carbonyl (C=O) groups excluding carboxylic acids is 2. The molecule has 10 nitrogen and oxygen atoms in total. The van der Waals surface area contributed by atoms with E-state index in [2.05, 4.69) is 47.2 Å². The van der Waals surface area contributed by atoms with Crippen LogP contribution in [-0.2, 0) is 16.1 Å². The third kappa shape index (κ3) is 3.91. The van der Waals surface area contributed by atoms with Crippen molar-refractivity contribution in [1.29, 1.82) is 0 Å². The first-order valence-corrected chi connectivity index (χ1v) is 10.7. The molecule has 0 bridgehead atoms. The molecule has 5 rings (SSSR count). The van der Waals surface area contributed by atoms with Gasteiger partial charge in [-0.25, -0.2) is 15.0 Å². The molecule has 1 aliphatic carbocycles. The summed E-state index contributed by atoms with van der Waals surface area (Å²) in [6, 6.07) is 8.16. The zero-order valence-corrected chi connectivity index (χ0v) is 18.2. The number of benzene rings is 1. The fourth-order valence-corrected chi connectivity index (χ4v) is 4.33. The van der Waals surface area contributed by atoms with Gasteiger partial charge in [-0.2, -0.15) is 0 Å². The first-order valence-electron chi connectivity index (χ1n) is 10.7. The predicted molar refractivity (Wildman–Crippen MR) is 124 cm³/mol. The zero-order valence-electron chi connectivity index (χ0n) is 18.2. The molecule has 168 valence electrons. The quantitative estimate of drug-likeness (QED) is 0.523. The number of anilines is 2. The number of Topliss-reactive ketones (excluding diaryl/α,β-unsaturated/α-hetero) is 1. The van der Waals surface area contributed by atoms with Gasteiger partial charge < -0.3 is 25.8 Å². The van der Waals surface area contributed by atoms with Gasteiger partial charge in [0.2, 0.25) is 5.91 Å². The van der Waals surface area contributed by atoms with Crippen LogP contribution in [0.2, 0.25) is 0 Å². The molecule has 1 aromatic carbocycles. The summed E-state index contributed by atoms with van der Waals surface area (Å²) < 4.78 is 0. The fourth-order valence-electron chi connectivity index (χ4n) is 4.33. The van der Waals surface area contributed by atoms with Gasteiger partial charge in [0, 0.05) is 31.0 Å². The van der Waals surface area contributed by atoms with Gasteiger partial charge >= 0.3 is 0 Å². The summed E-state index contributed by atoms with van der Waals surface area (Å²) in [6.07, 6.45) is 4.86. The lowest BCUT2D eigenvalue weighted by atomic mass is 9.94. The molecule has 0 unspecified atom stereocenters. The van der Waals surface area contributed by atoms with Crippen molar-refractivity contribution < 1.29 is 9.59 Å². The highest BCUT2D eigenvalue weighted by Crippen LogP contribution is 2.33.